The molecule has 3 rings (SSSR count). The van der Waals surface area contributed by atoms with Gasteiger partial charge < -0.3 is 14.6 Å². The van der Waals surface area contributed by atoms with Crippen molar-refractivity contribution in [2.45, 2.75) is 18.1 Å². The molecular weight excluding hydrogens is 379 g/mol. The van der Waals surface area contributed by atoms with Crippen molar-refractivity contribution < 1.29 is 13.9 Å². The first kappa shape index (κ1) is 19.9. The normalized spacial score (nSPS) is 11.9. The molecule has 1 atom stereocenters. The minimum Gasteiger partial charge on any atom is -0.496 e. The van der Waals surface area contributed by atoms with Gasteiger partial charge in [0.15, 0.2) is 11.0 Å². The largest absolute Gasteiger partial charge is 0.496 e. The maximum absolute atomic E-state index is 14.0. The summed E-state index contributed by atoms with van der Waals surface area (Å²) in [6.07, 6.45) is 0. The van der Waals surface area contributed by atoms with E-state index in [4.69, 9.17) is 4.74 Å². The van der Waals surface area contributed by atoms with E-state index in [1.54, 1.807) is 36.9 Å². The predicted molar refractivity (Wildman–Crippen MR) is 107 cm³/mol. The molecule has 0 saturated heterocycles. The summed E-state index contributed by atoms with van der Waals surface area (Å²) in [7, 11) is 3.35. The number of carbonyl (C=O) groups is 1. The number of nitrogens with one attached hydrogen (secondary N) is 1. The van der Waals surface area contributed by atoms with Crippen LogP contribution in [-0.4, -0.2) is 33.5 Å². The fraction of sp³-hybridized carbons (Fsp3) is 0.250. The number of hydrogen-bond donors (Lipinski definition) is 1. The van der Waals surface area contributed by atoms with Gasteiger partial charge in [-0.05, 0) is 25.1 Å². The average molecular weight is 400 g/mol. The molecule has 2 aromatic carbocycles. The van der Waals surface area contributed by atoms with Crippen LogP contribution in [0.1, 0.15) is 18.5 Å². The number of methoxy groups -OCH3 is 1. The lowest BCUT2D eigenvalue weighted by Crippen LogP contribution is -2.28. The zero-order valence-electron chi connectivity index (χ0n) is 15.8. The molecule has 1 unspecified atom stereocenters. The molecule has 0 aliphatic rings. The monoisotopic (exact) mass is 400 g/mol. The number of benzene rings is 2. The lowest BCUT2D eigenvalue weighted by Gasteiger charge is -2.17. The molecule has 8 heteroatoms. The molecule has 1 amide bonds. The Labute approximate surface area is 167 Å². The van der Waals surface area contributed by atoms with Crippen LogP contribution >= 0.6 is 11.8 Å². The number of ether oxygens (including phenoxy) is 1. The van der Waals surface area contributed by atoms with Gasteiger partial charge in [-0.15, -0.1) is 10.2 Å². The van der Waals surface area contributed by atoms with Crippen LogP contribution in [0.15, 0.2) is 53.7 Å². The maximum atomic E-state index is 14.0. The van der Waals surface area contributed by atoms with Crippen LogP contribution < -0.4 is 10.1 Å². The Morgan fingerprint density at radius 1 is 1.21 bits per heavy atom. The van der Waals surface area contributed by atoms with Crippen molar-refractivity contribution in [3.63, 3.8) is 0 Å². The van der Waals surface area contributed by atoms with Crippen LogP contribution in [0.5, 0.6) is 5.75 Å². The minimum atomic E-state index is -0.363. The summed E-state index contributed by atoms with van der Waals surface area (Å²) in [4.78, 5) is 12.4. The van der Waals surface area contributed by atoms with E-state index in [9.17, 15) is 9.18 Å². The number of halogens is 1. The van der Waals surface area contributed by atoms with Crippen LogP contribution in [0.2, 0.25) is 0 Å². The van der Waals surface area contributed by atoms with Gasteiger partial charge in [0.2, 0.25) is 5.91 Å². The van der Waals surface area contributed by atoms with Crippen molar-refractivity contribution >= 4 is 17.7 Å². The number of rotatable bonds is 7. The highest BCUT2D eigenvalue weighted by atomic mass is 32.2. The van der Waals surface area contributed by atoms with Gasteiger partial charge in [0.1, 0.15) is 11.6 Å². The highest BCUT2D eigenvalue weighted by Gasteiger charge is 2.17. The fourth-order valence-electron chi connectivity index (χ4n) is 2.83. The van der Waals surface area contributed by atoms with Crippen LogP contribution in [0.25, 0.3) is 11.4 Å². The van der Waals surface area contributed by atoms with E-state index < -0.39 is 0 Å². The van der Waals surface area contributed by atoms with Gasteiger partial charge in [0.05, 0.1) is 24.5 Å². The zero-order chi connectivity index (χ0) is 20.1. The lowest BCUT2D eigenvalue weighted by molar-refractivity contribution is -0.119. The summed E-state index contributed by atoms with van der Waals surface area (Å²) < 4.78 is 21.0. The van der Waals surface area contributed by atoms with Crippen molar-refractivity contribution in [2.75, 3.05) is 12.9 Å². The third-order valence-corrected chi connectivity index (χ3v) is 5.29. The first-order valence-electron chi connectivity index (χ1n) is 8.70. The lowest BCUT2D eigenvalue weighted by atomic mass is 10.1. The highest BCUT2D eigenvalue weighted by molar-refractivity contribution is 7.99. The minimum absolute atomic E-state index is 0.140. The second-order valence-corrected chi connectivity index (χ2v) is 7.11. The summed E-state index contributed by atoms with van der Waals surface area (Å²) in [6.45, 7) is 1.90. The molecule has 1 N–H and O–H groups in total. The molecule has 0 saturated carbocycles. The van der Waals surface area contributed by atoms with Crippen molar-refractivity contribution in [2.24, 2.45) is 7.05 Å². The van der Waals surface area contributed by atoms with Gasteiger partial charge in [0, 0.05) is 12.6 Å². The molecule has 28 heavy (non-hydrogen) atoms. The van der Waals surface area contributed by atoms with E-state index in [1.807, 2.05) is 31.2 Å². The fourth-order valence-corrected chi connectivity index (χ4v) is 3.56. The number of hydrogen-bond acceptors (Lipinski definition) is 5. The van der Waals surface area contributed by atoms with E-state index in [2.05, 4.69) is 15.5 Å². The summed E-state index contributed by atoms with van der Waals surface area (Å²) in [5, 5.41) is 11.6. The number of carbonyl (C=O) groups excluding carboxylic acids is 1. The summed E-state index contributed by atoms with van der Waals surface area (Å²) >= 11 is 1.25. The summed E-state index contributed by atoms with van der Waals surface area (Å²) in [5.74, 6) is 0.814. The van der Waals surface area contributed by atoms with Gasteiger partial charge in [-0.1, -0.05) is 42.1 Å². The van der Waals surface area contributed by atoms with Crippen LogP contribution in [0.3, 0.4) is 0 Å². The SMILES string of the molecule is COc1ccccc1C(C)NC(=O)CSc1nnc(-c2ccccc2F)n1C. The first-order chi connectivity index (χ1) is 13.5. The first-order valence-corrected chi connectivity index (χ1v) is 9.69. The summed E-state index contributed by atoms with van der Waals surface area (Å²) in [5.41, 5.74) is 1.28. The number of aromatic nitrogens is 3. The van der Waals surface area contributed by atoms with Crippen molar-refractivity contribution in [1.82, 2.24) is 20.1 Å². The molecule has 0 aliphatic heterocycles. The molecule has 1 heterocycles. The highest BCUT2D eigenvalue weighted by Crippen LogP contribution is 2.26. The predicted octanol–water partition coefficient (Wildman–Crippen LogP) is 3.60. The Morgan fingerprint density at radius 3 is 2.68 bits per heavy atom. The quantitative estimate of drug-likeness (QED) is 0.614. The number of nitrogens with zero attached hydrogens (tertiary/aromatic N) is 3. The number of amides is 1. The van der Waals surface area contributed by atoms with Crippen LogP contribution in [0.4, 0.5) is 4.39 Å². The Hall–Kier alpha value is -2.87. The van der Waals surface area contributed by atoms with Crippen molar-refractivity contribution in [1.29, 1.82) is 0 Å². The molecule has 146 valence electrons. The van der Waals surface area contributed by atoms with E-state index >= 15 is 0 Å². The Balaban J connectivity index is 1.63. The van der Waals surface area contributed by atoms with E-state index in [-0.39, 0.29) is 23.5 Å². The Morgan fingerprint density at radius 2 is 1.93 bits per heavy atom. The smallest absolute Gasteiger partial charge is 0.230 e. The van der Waals surface area contributed by atoms with Crippen molar-refractivity contribution in [3.8, 4) is 17.1 Å². The Bertz CT molecular complexity index is 976. The van der Waals surface area contributed by atoms with Crippen LogP contribution in [-0.2, 0) is 11.8 Å². The molecule has 3 aromatic rings. The topological polar surface area (TPSA) is 69.0 Å². The molecule has 0 spiro atoms. The van der Waals surface area contributed by atoms with Gasteiger partial charge in [-0.3, -0.25) is 4.79 Å². The standard InChI is InChI=1S/C20H21FN4O2S/c1-13(14-8-5-7-11-17(14)27-3)22-18(26)12-28-20-24-23-19(25(20)2)15-9-4-6-10-16(15)21/h4-11,13H,12H2,1-3H3,(H,22,26). The van der Waals surface area contributed by atoms with E-state index in [1.165, 1.54) is 17.8 Å². The molecule has 1 aromatic heterocycles. The third kappa shape index (κ3) is 4.33. The molecule has 0 radical (unpaired) electrons. The molecule has 0 aliphatic carbocycles. The number of thioether (sulfide) groups is 1. The maximum Gasteiger partial charge on any atom is 0.230 e. The molecule has 0 bridgehead atoms. The molecule has 0 fully saturated rings. The van der Waals surface area contributed by atoms with Gasteiger partial charge in [-0.2, -0.15) is 0 Å². The molecular formula is C20H21FN4O2S. The van der Waals surface area contributed by atoms with E-state index in [0.717, 1.165) is 11.3 Å². The van der Waals surface area contributed by atoms with Gasteiger partial charge in [0.25, 0.3) is 0 Å². The molecule has 6 nitrogen and oxygen atoms in total. The average Bonchev–Trinajstić information content (AvgIpc) is 3.07. The second-order valence-electron chi connectivity index (χ2n) is 6.16. The third-order valence-electron chi connectivity index (χ3n) is 4.26. The van der Waals surface area contributed by atoms with Crippen molar-refractivity contribution in [3.05, 3.63) is 59.9 Å². The van der Waals surface area contributed by atoms with Gasteiger partial charge in [-0.25, -0.2) is 4.39 Å². The Kier molecular flexibility index (Phi) is 6.30. The number of para-hydroxylation sites is 1. The summed E-state index contributed by atoms with van der Waals surface area (Å²) in [6, 6.07) is 13.8. The van der Waals surface area contributed by atoms with E-state index in [0.29, 0.717) is 16.5 Å². The zero-order valence-corrected chi connectivity index (χ0v) is 16.7. The second kappa shape index (κ2) is 8.88. The van der Waals surface area contributed by atoms with Crippen LogP contribution in [0, 0.1) is 5.82 Å². The van der Waals surface area contributed by atoms with Gasteiger partial charge >= 0.3 is 0 Å².